The van der Waals surface area contributed by atoms with Crippen LogP contribution in [-0.2, 0) is 4.79 Å². The fraction of sp³-hybridized carbons (Fsp3) is 0.353. The molecule has 0 atom stereocenters. The minimum atomic E-state index is -0.946. The molecule has 2 heterocycles. The van der Waals surface area contributed by atoms with Gasteiger partial charge in [-0.2, -0.15) is 4.98 Å². The van der Waals surface area contributed by atoms with E-state index in [2.05, 4.69) is 20.2 Å². The number of benzene rings is 1. The number of nitro groups is 1. The van der Waals surface area contributed by atoms with Gasteiger partial charge in [-0.15, -0.1) is 0 Å². The molecule has 1 aromatic heterocycles. The molecule has 1 amide bonds. The summed E-state index contributed by atoms with van der Waals surface area (Å²) in [6.45, 7) is 1.55. The maximum absolute atomic E-state index is 12.0. The topological polar surface area (TPSA) is 130 Å². The van der Waals surface area contributed by atoms with Crippen LogP contribution >= 0.6 is 0 Å². The average Bonchev–Trinajstić information content (AvgIpc) is 2.67. The second kappa shape index (κ2) is 8.30. The van der Waals surface area contributed by atoms with Crippen molar-refractivity contribution in [1.82, 2.24) is 9.97 Å². The molecular weight excluding hydrogens is 354 g/mol. The molecule has 1 fully saturated rings. The van der Waals surface area contributed by atoms with Crippen molar-refractivity contribution in [2.45, 2.75) is 19.3 Å². The number of rotatable bonds is 6. The number of hydrogen-bond donors (Lipinski definition) is 2. The number of anilines is 2. The predicted molar refractivity (Wildman–Crippen MR) is 98.1 cm³/mol. The Morgan fingerprint density at radius 1 is 1.26 bits per heavy atom. The number of amides is 1. The van der Waals surface area contributed by atoms with Crippen LogP contribution in [0, 0.1) is 10.1 Å². The van der Waals surface area contributed by atoms with E-state index >= 15 is 0 Å². The summed E-state index contributed by atoms with van der Waals surface area (Å²) >= 11 is 0. The highest BCUT2D eigenvalue weighted by atomic mass is 16.6. The number of hydrogen-bond acceptors (Lipinski definition) is 7. The number of carbonyl (C=O) groups is 1. The summed E-state index contributed by atoms with van der Waals surface area (Å²) in [7, 11) is 0. The van der Waals surface area contributed by atoms with Crippen LogP contribution in [0.15, 0.2) is 35.4 Å². The molecular formula is C17H19N5O5. The van der Waals surface area contributed by atoms with Gasteiger partial charge >= 0.3 is 17.1 Å². The SMILES string of the molecule is O=C(COc1nc[nH]c(=O)c1[N+](=O)[O-])Nc1ccc(N2CCCCC2)cc1. The van der Waals surface area contributed by atoms with Crippen LogP contribution in [0.5, 0.6) is 5.88 Å². The van der Waals surface area contributed by atoms with Gasteiger partial charge in [0.2, 0.25) is 0 Å². The van der Waals surface area contributed by atoms with Crippen LogP contribution in [0.25, 0.3) is 0 Å². The molecule has 0 bridgehead atoms. The molecule has 1 aliphatic heterocycles. The standard InChI is InChI=1S/C17H19N5O5/c23-14(10-27-17-15(22(25)26)16(24)18-11-19-17)20-12-4-6-13(7-5-12)21-8-2-1-3-9-21/h4-7,11H,1-3,8-10H2,(H,20,23)(H,18,19,24). The molecule has 0 unspecified atom stereocenters. The van der Waals surface area contributed by atoms with E-state index in [1.54, 1.807) is 12.1 Å². The molecule has 3 rings (SSSR count). The second-order valence-corrected chi connectivity index (χ2v) is 6.07. The lowest BCUT2D eigenvalue weighted by Gasteiger charge is -2.28. The molecule has 27 heavy (non-hydrogen) atoms. The Bertz CT molecular complexity index is 874. The Morgan fingerprint density at radius 3 is 2.63 bits per heavy atom. The fourth-order valence-electron chi connectivity index (χ4n) is 2.88. The van der Waals surface area contributed by atoms with E-state index in [1.807, 2.05) is 12.1 Å². The molecule has 0 spiro atoms. The molecule has 1 aliphatic rings. The van der Waals surface area contributed by atoms with Crippen LogP contribution in [0.1, 0.15) is 19.3 Å². The molecule has 142 valence electrons. The van der Waals surface area contributed by atoms with E-state index in [-0.39, 0.29) is 0 Å². The second-order valence-electron chi connectivity index (χ2n) is 6.07. The molecule has 0 saturated carbocycles. The lowest BCUT2D eigenvalue weighted by atomic mass is 10.1. The Hall–Kier alpha value is -3.43. The van der Waals surface area contributed by atoms with Crippen molar-refractivity contribution < 1.29 is 14.5 Å². The number of piperidine rings is 1. The van der Waals surface area contributed by atoms with Crippen LogP contribution in [-0.4, -0.2) is 40.5 Å². The van der Waals surface area contributed by atoms with Crippen LogP contribution in [0.3, 0.4) is 0 Å². The average molecular weight is 373 g/mol. The van der Waals surface area contributed by atoms with Gasteiger partial charge in [-0.05, 0) is 43.5 Å². The molecule has 1 saturated heterocycles. The predicted octanol–water partition coefficient (Wildman–Crippen LogP) is 1.69. The Labute approximate surface area is 154 Å². The van der Waals surface area contributed by atoms with Crippen molar-refractivity contribution in [3.63, 3.8) is 0 Å². The fourth-order valence-corrected chi connectivity index (χ4v) is 2.88. The molecule has 10 heteroatoms. The van der Waals surface area contributed by atoms with E-state index in [0.717, 1.165) is 25.1 Å². The van der Waals surface area contributed by atoms with Gasteiger partial charge in [-0.3, -0.25) is 19.7 Å². The van der Waals surface area contributed by atoms with Crippen molar-refractivity contribution in [2.24, 2.45) is 0 Å². The molecule has 1 aromatic carbocycles. The maximum Gasteiger partial charge on any atom is 0.395 e. The number of aromatic nitrogens is 2. The molecule has 0 radical (unpaired) electrons. The Balaban J connectivity index is 1.58. The highest BCUT2D eigenvalue weighted by Crippen LogP contribution is 2.22. The third-order valence-corrected chi connectivity index (χ3v) is 4.19. The van der Waals surface area contributed by atoms with Crippen molar-refractivity contribution in [3.8, 4) is 5.88 Å². The van der Waals surface area contributed by atoms with Gasteiger partial charge in [0, 0.05) is 24.5 Å². The summed E-state index contributed by atoms with van der Waals surface area (Å²) in [6, 6.07) is 7.45. The quantitative estimate of drug-likeness (QED) is 0.582. The van der Waals surface area contributed by atoms with Gasteiger partial charge in [-0.1, -0.05) is 0 Å². The molecule has 10 nitrogen and oxygen atoms in total. The third-order valence-electron chi connectivity index (χ3n) is 4.19. The first-order chi connectivity index (χ1) is 13.0. The minimum Gasteiger partial charge on any atom is -0.462 e. The highest BCUT2D eigenvalue weighted by molar-refractivity contribution is 5.92. The van der Waals surface area contributed by atoms with Gasteiger partial charge in [-0.25, -0.2) is 0 Å². The molecule has 2 N–H and O–H groups in total. The van der Waals surface area contributed by atoms with Gasteiger partial charge < -0.3 is 19.9 Å². The summed E-state index contributed by atoms with van der Waals surface area (Å²) in [5, 5.41) is 13.5. The number of carbonyl (C=O) groups excluding carboxylic acids is 1. The maximum atomic E-state index is 12.0. The van der Waals surface area contributed by atoms with Crippen molar-refractivity contribution >= 4 is 23.0 Å². The number of nitrogens with zero attached hydrogens (tertiary/aromatic N) is 3. The van der Waals surface area contributed by atoms with Crippen LogP contribution in [0.2, 0.25) is 0 Å². The first-order valence-electron chi connectivity index (χ1n) is 8.54. The lowest BCUT2D eigenvalue weighted by Crippen LogP contribution is -2.29. The number of H-pyrrole nitrogens is 1. The first-order valence-corrected chi connectivity index (χ1v) is 8.54. The van der Waals surface area contributed by atoms with Crippen molar-refractivity contribution in [1.29, 1.82) is 0 Å². The van der Waals surface area contributed by atoms with Crippen molar-refractivity contribution in [2.75, 3.05) is 29.9 Å². The van der Waals surface area contributed by atoms with Gasteiger partial charge in [0.25, 0.3) is 5.91 Å². The number of nitrogens with one attached hydrogen (secondary N) is 2. The minimum absolute atomic E-state index is 0.501. The Kier molecular flexibility index (Phi) is 5.64. The molecule has 2 aromatic rings. The smallest absolute Gasteiger partial charge is 0.395 e. The number of aromatic amines is 1. The monoisotopic (exact) mass is 373 g/mol. The molecule has 0 aliphatic carbocycles. The van der Waals surface area contributed by atoms with E-state index < -0.39 is 34.6 Å². The zero-order valence-corrected chi connectivity index (χ0v) is 14.5. The first kappa shape index (κ1) is 18.4. The lowest BCUT2D eigenvalue weighted by molar-refractivity contribution is -0.387. The summed E-state index contributed by atoms with van der Waals surface area (Å²) in [5.41, 5.74) is -0.0973. The summed E-state index contributed by atoms with van der Waals surface area (Å²) in [6.07, 6.45) is 4.59. The third kappa shape index (κ3) is 4.60. The Morgan fingerprint density at radius 2 is 1.96 bits per heavy atom. The number of ether oxygens (including phenoxy) is 1. The summed E-state index contributed by atoms with van der Waals surface area (Å²) in [4.78, 5) is 41.5. The zero-order valence-electron chi connectivity index (χ0n) is 14.5. The van der Waals surface area contributed by atoms with Crippen molar-refractivity contribution in [3.05, 3.63) is 51.1 Å². The van der Waals surface area contributed by atoms with E-state index in [0.29, 0.717) is 5.69 Å². The van der Waals surface area contributed by atoms with Gasteiger partial charge in [0.05, 0.1) is 11.3 Å². The van der Waals surface area contributed by atoms with Gasteiger partial charge in [0.15, 0.2) is 6.61 Å². The summed E-state index contributed by atoms with van der Waals surface area (Å²) < 4.78 is 5.04. The van der Waals surface area contributed by atoms with Crippen LogP contribution < -0.4 is 20.5 Å². The van der Waals surface area contributed by atoms with E-state index in [9.17, 15) is 19.7 Å². The highest BCUT2D eigenvalue weighted by Gasteiger charge is 2.22. The van der Waals surface area contributed by atoms with Crippen LogP contribution in [0.4, 0.5) is 17.1 Å². The van der Waals surface area contributed by atoms with E-state index in [1.165, 1.54) is 19.3 Å². The zero-order chi connectivity index (χ0) is 19.2. The largest absolute Gasteiger partial charge is 0.462 e. The van der Waals surface area contributed by atoms with Gasteiger partial charge in [0.1, 0.15) is 0 Å². The van der Waals surface area contributed by atoms with E-state index in [4.69, 9.17) is 4.74 Å². The normalized spacial score (nSPS) is 13.9. The summed E-state index contributed by atoms with van der Waals surface area (Å²) in [5.74, 6) is -1.02.